The summed E-state index contributed by atoms with van der Waals surface area (Å²) in [5.41, 5.74) is 3.88. The van der Waals surface area contributed by atoms with Crippen LogP contribution in [0.4, 0.5) is 0 Å². The largest absolute Gasteiger partial charge is 0.337 e. The molecule has 0 unspecified atom stereocenters. The highest BCUT2D eigenvalue weighted by Crippen LogP contribution is 2.16. The molecule has 2 aromatic carbocycles. The zero-order valence-electron chi connectivity index (χ0n) is 12.8. The Bertz CT molecular complexity index is 826. The number of rotatable bonds is 3. The highest BCUT2D eigenvalue weighted by molar-refractivity contribution is 5.97. The molecule has 1 aromatic heterocycles. The zero-order chi connectivity index (χ0) is 15.5. The normalized spacial score (nSPS) is 10.6. The van der Waals surface area contributed by atoms with Crippen LogP contribution in [0.3, 0.4) is 0 Å². The molecule has 1 amide bonds. The molecule has 3 heteroatoms. The van der Waals surface area contributed by atoms with Gasteiger partial charge in [0, 0.05) is 25.2 Å². The van der Waals surface area contributed by atoms with Crippen molar-refractivity contribution in [2.45, 2.75) is 13.5 Å². The summed E-state index contributed by atoms with van der Waals surface area (Å²) in [6.45, 7) is 2.66. The zero-order valence-corrected chi connectivity index (χ0v) is 12.8. The minimum atomic E-state index is -0.0125. The Morgan fingerprint density at radius 1 is 1.09 bits per heavy atom. The third-order valence-corrected chi connectivity index (χ3v) is 3.85. The Morgan fingerprint density at radius 2 is 1.82 bits per heavy atom. The van der Waals surface area contributed by atoms with E-state index in [2.05, 4.69) is 24.0 Å². The lowest BCUT2D eigenvalue weighted by atomic mass is 10.1. The number of carbonyl (C=O) groups excluding carboxylic acids is 1. The lowest BCUT2D eigenvalue weighted by Crippen LogP contribution is -2.26. The Labute approximate surface area is 130 Å². The van der Waals surface area contributed by atoms with E-state index in [0.717, 1.165) is 16.5 Å². The maximum absolute atomic E-state index is 12.6. The van der Waals surface area contributed by atoms with Crippen molar-refractivity contribution in [3.05, 3.63) is 77.5 Å². The van der Waals surface area contributed by atoms with Gasteiger partial charge in [0.2, 0.25) is 0 Å². The van der Waals surface area contributed by atoms with Crippen LogP contribution in [0, 0.1) is 6.92 Å². The van der Waals surface area contributed by atoms with Crippen molar-refractivity contribution in [2.24, 2.45) is 0 Å². The smallest absolute Gasteiger partial charge is 0.255 e. The van der Waals surface area contributed by atoms with Crippen LogP contribution in [-0.4, -0.2) is 22.8 Å². The lowest BCUT2D eigenvalue weighted by molar-refractivity contribution is 0.0784. The molecule has 1 heterocycles. The quantitative estimate of drug-likeness (QED) is 0.735. The van der Waals surface area contributed by atoms with E-state index in [1.54, 1.807) is 11.1 Å². The van der Waals surface area contributed by atoms with E-state index < -0.39 is 0 Å². The topological polar surface area (TPSA) is 33.2 Å². The van der Waals surface area contributed by atoms with Crippen LogP contribution >= 0.6 is 0 Å². The molecule has 110 valence electrons. The summed E-state index contributed by atoms with van der Waals surface area (Å²) in [7, 11) is 1.82. The van der Waals surface area contributed by atoms with Crippen molar-refractivity contribution < 1.29 is 4.79 Å². The number of carbonyl (C=O) groups is 1. The van der Waals surface area contributed by atoms with E-state index in [4.69, 9.17) is 0 Å². The van der Waals surface area contributed by atoms with Crippen molar-refractivity contribution in [3.8, 4) is 0 Å². The van der Waals surface area contributed by atoms with Crippen molar-refractivity contribution in [1.29, 1.82) is 0 Å². The van der Waals surface area contributed by atoms with E-state index in [1.807, 2.05) is 49.5 Å². The van der Waals surface area contributed by atoms with E-state index in [1.165, 1.54) is 5.56 Å². The second-order valence-corrected chi connectivity index (χ2v) is 5.50. The standard InChI is InChI=1S/C19H18N2O/c1-14-7-3-4-9-16(14)13-21(2)19(22)17-11-15-8-5-6-10-18(15)20-12-17/h3-12H,13H2,1-2H3. The molecule has 0 saturated carbocycles. The maximum atomic E-state index is 12.6. The molecule has 0 N–H and O–H groups in total. The molecule has 0 atom stereocenters. The predicted octanol–water partition coefficient (Wildman–Crippen LogP) is 3.82. The molecule has 22 heavy (non-hydrogen) atoms. The second kappa shape index (κ2) is 5.98. The summed E-state index contributed by atoms with van der Waals surface area (Å²) in [5, 5.41) is 0.984. The van der Waals surface area contributed by atoms with Gasteiger partial charge >= 0.3 is 0 Å². The summed E-state index contributed by atoms with van der Waals surface area (Å²) in [6, 6.07) is 17.8. The Hall–Kier alpha value is -2.68. The number of aromatic nitrogens is 1. The van der Waals surface area contributed by atoms with Crippen molar-refractivity contribution in [1.82, 2.24) is 9.88 Å². The maximum Gasteiger partial charge on any atom is 0.255 e. The number of pyridine rings is 1. The van der Waals surface area contributed by atoms with Gasteiger partial charge in [-0.05, 0) is 30.2 Å². The highest BCUT2D eigenvalue weighted by Gasteiger charge is 2.13. The van der Waals surface area contributed by atoms with Gasteiger partial charge in [-0.2, -0.15) is 0 Å². The van der Waals surface area contributed by atoms with Gasteiger partial charge in [-0.15, -0.1) is 0 Å². The average molecular weight is 290 g/mol. The molecule has 0 aliphatic rings. The van der Waals surface area contributed by atoms with Crippen LogP contribution in [-0.2, 0) is 6.54 Å². The molecule has 0 spiro atoms. The van der Waals surface area contributed by atoms with Crippen LogP contribution in [0.2, 0.25) is 0 Å². The number of fused-ring (bicyclic) bond motifs is 1. The highest BCUT2D eigenvalue weighted by atomic mass is 16.2. The minimum absolute atomic E-state index is 0.0125. The van der Waals surface area contributed by atoms with Crippen LogP contribution in [0.5, 0.6) is 0 Å². The van der Waals surface area contributed by atoms with Gasteiger partial charge in [0.15, 0.2) is 0 Å². The molecule has 0 bridgehead atoms. The van der Waals surface area contributed by atoms with Crippen LogP contribution < -0.4 is 0 Å². The number of amides is 1. The first-order chi connectivity index (χ1) is 10.6. The number of aryl methyl sites for hydroxylation is 1. The van der Waals surface area contributed by atoms with E-state index in [9.17, 15) is 4.79 Å². The van der Waals surface area contributed by atoms with Crippen LogP contribution in [0.15, 0.2) is 60.8 Å². The molecular weight excluding hydrogens is 272 g/mol. The van der Waals surface area contributed by atoms with Gasteiger partial charge in [0.25, 0.3) is 5.91 Å². The van der Waals surface area contributed by atoms with Gasteiger partial charge in [0.05, 0.1) is 11.1 Å². The molecule has 3 rings (SSSR count). The Morgan fingerprint density at radius 3 is 2.64 bits per heavy atom. The first kappa shape index (κ1) is 14.3. The first-order valence-corrected chi connectivity index (χ1v) is 7.30. The molecule has 0 aliphatic carbocycles. The van der Waals surface area contributed by atoms with Crippen molar-refractivity contribution in [3.63, 3.8) is 0 Å². The lowest BCUT2D eigenvalue weighted by Gasteiger charge is -2.18. The molecule has 0 radical (unpaired) electrons. The van der Waals surface area contributed by atoms with E-state index in [0.29, 0.717) is 12.1 Å². The molecule has 3 nitrogen and oxygen atoms in total. The molecule has 0 aliphatic heterocycles. The van der Waals surface area contributed by atoms with Crippen molar-refractivity contribution in [2.75, 3.05) is 7.05 Å². The van der Waals surface area contributed by atoms with E-state index in [-0.39, 0.29) is 5.91 Å². The van der Waals surface area contributed by atoms with Crippen LogP contribution in [0.25, 0.3) is 10.9 Å². The van der Waals surface area contributed by atoms with Gasteiger partial charge < -0.3 is 4.90 Å². The predicted molar refractivity (Wildman–Crippen MR) is 88.7 cm³/mol. The molecular formula is C19H18N2O. The molecule has 0 fully saturated rings. The van der Waals surface area contributed by atoms with Gasteiger partial charge in [-0.1, -0.05) is 42.5 Å². The number of hydrogen-bond donors (Lipinski definition) is 0. The van der Waals surface area contributed by atoms with Crippen molar-refractivity contribution >= 4 is 16.8 Å². The number of para-hydroxylation sites is 1. The summed E-state index contributed by atoms with van der Waals surface area (Å²) in [4.78, 5) is 18.7. The third-order valence-electron chi connectivity index (χ3n) is 3.85. The summed E-state index contributed by atoms with van der Waals surface area (Å²) in [6.07, 6.45) is 1.65. The summed E-state index contributed by atoms with van der Waals surface area (Å²) >= 11 is 0. The monoisotopic (exact) mass is 290 g/mol. The molecule has 3 aromatic rings. The summed E-state index contributed by atoms with van der Waals surface area (Å²) < 4.78 is 0. The minimum Gasteiger partial charge on any atom is -0.337 e. The second-order valence-electron chi connectivity index (χ2n) is 5.50. The number of hydrogen-bond acceptors (Lipinski definition) is 2. The SMILES string of the molecule is Cc1ccccc1CN(C)C(=O)c1cnc2ccccc2c1. The molecule has 0 saturated heterocycles. The third kappa shape index (κ3) is 2.84. The summed E-state index contributed by atoms with van der Waals surface area (Å²) in [5.74, 6) is -0.0125. The average Bonchev–Trinajstić information content (AvgIpc) is 2.55. The Balaban J connectivity index is 1.84. The van der Waals surface area contributed by atoms with Crippen LogP contribution in [0.1, 0.15) is 21.5 Å². The van der Waals surface area contributed by atoms with E-state index >= 15 is 0 Å². The fourth-order valence-corrected chi connectivity index (χ4v) is 2.52. The van der Waals surface area contributed by atoms with Gasteiger partial charge in [-0.3, -0.25) is 9.78 Å². The van der Waals surface area contributed by atoms with Gasteiger partial charge in [-0.25, -0.2) is 0 Å². The Kier molecular flexibility index (Phi) is 3.88. The fourth-order valence-electron chi connectivity index (χ4n) is 2.52. The van der Waals surface area contributed by atoms with Gasteiger partial charge in [0.1, 0.15) is 0 Å². The number of benzene rings is 2. The number of nitrogens with zero attached hydrogens (tertiary/aromatic N) is 2. The first-order valence-electron chi connectivity index (χ1n) is 7.30. The fraction of sp³-hybridized carbons (Fsp3) is 0.158.